The summed E-state index contributed by atoms with van der Waals surface area (Å²) in [5.41, 5.74) is 0. The molecular weight excluding hydrogens is 163 g/mol. The fraction of sp³-hybridized carbons (Fsp3) is 0. The van der Waals surface area contributed by atoms with Gasteiger partial charge in [0.15, 0.2) is 0 Å². The molecule has 0 radical (unpaired) electrons. The van der Waals surface area contributed by atoms with Gasteiger partial charge in [-0.05, 0) is 0 Å². The first-order valence-electron chi connectivity index (χ1n) is 1.22. The Balaban J connectivity index is 3.33. The third kappa shape index (κ3) is 5.28. The van der Waals surface area contributed by atoms with Crippen molar-refractivity contribution in [3.05, 3.63) is 0 Å². The fourth-order valence-electron chi connectivity index (χ4n) is 0.0537. The van der Waals surface area contributed by atoms with E-state index >= 15 is 0 Å². The van der Waals surface area contributed by atoms with E-state index in [4.69, 9.17) is 0 Å². The Morgan fingerprint density at radius 1 is 1.14 bits per heavy atom. The molecule has 4 nitrogen and oxygen atoms in total. The van der Waals surface area contributed by atoms with Crippen LogP contribution in [0.3, 0.4) is 0 Å². The molecule has 0 N–H and O–H groups in total. The molecule has 0 aromatic rings. The SMILES string of the molecule is O=C=N[Se]N=C=O. The van der Waals surface area contributed by atoms with E-state index in [-0.39, 0.29) is 0 Å². The third-order valence-corrected chi connectivity index (χ3v) is 0.812. The topological polar surface area (TPSA) is 58.9 Å². The zero-order chi connectivity index (χ0) is 5.54. The number of hydrogen-bond acceptors (Lipinski definition) is 4. The first-order chi connectivity index (χ1) is 3.41. The average molecular weight is 163 g/mol. The van der Waals surface area contributed by atoms with Crippen molar-refractivity contribution in [2.75, 3.05) is 0 Å². The maximum absolute atomic E-state index is 9.21. The summed E-state index contributed by atoms with van der Waals surface area (Å²) >= 11 is -0.622. The van der Waals surface area contributed by atoms with Gasteiger partial charge in [0.1, 0.15) is 0 Å². The van der Waals surface area contributed by atoms with Gasteiger partial charge in [-0.3, -0.25) is 0 Å². The van der Waals surface area contributed by atoms with E-state index in [0.717, 1.165) is 0 Å². The Bertz CT molecular complexity index is 117. The van der Waals surface area contributed by atoms with Crippen molar-refractivity contribution in [3.8, 4) is 0 Å². The normalized spacial score (nSPS) is 5.71. The van der Waals surface area contributed by atoms with Gasteiger partial charge in [0.25, 0.3) is 0 Å². The van der Waals surface area contributed by atoms with E-state index in [2.05, 4.69) is 8.02 Å². The summed E-state index contributed by atoms with van der Waals surface area (Å²) in [4.78, 5) is 18.4. The molecule has 5 heteroatoms. The first kappa shape index (κ1) is 6.28. The van der Waals surface area contributed by atoms with Gasteiger partial charge in [-0.25, -0.2) is 0 Å². The molecule has 0 rings (SSSR count). The zero-order valence-corrected chi connectivity index (χ0v) is 4.83. The predicted octanol–water partition coefficient (Wildman–Crippen LogP) is -0.808. The van der Waals surface area contributed by atoms with Crippen molar-refractivity contribution in [3.63, 3.8) is 0 Å². The van der Waals surface area contributed by atoms with Crippen LogP contribution in [0.15, 0.2) is 8.02 Å². The molecular formula is C2N2O2Se. The van der Waals surface area contributed by atoms with Gasteiger partial charge in [-0.1, -0.05) is 0 Å². The zero-order valence-electron chi connectivity index (χ0n) is 3.12. The molecule has 0 amide bonds. The molecule has 0 fully saturated rings. The van der Waals surface area contributed by atoms with Crippen molar-refractivity contribution in [1.29, 1.82) is 0 Å². The second kappa shape index (κ2) is 5.28. The van der Waals surface area contributed by atoms with Crippen molar-refractivity contribution in [2.45, 2.75) is 0 Å². The van der Waals surface area contributed by atoms with Gasteiger partial charge < -0.3 is 0 Å². The minimum atomic E-state index is -0.622. The van der Waals surface area contributed by atoms with Crippen LogP contribution in [0.1, 0.15) is 0 Å². The number of rotatable bonds is 2. The number of isocyanates is 2. The summed E-state index contributed by atoms with van der Waals surface area (Å²) in [6.45, 7) is 0. The fourth-order valence-corrected chi connectivity index (χ4v) is 0.279. The first-order valence-corrected chi connectivity index (χ1v) is 2.75. The molecule has 0 aromatic heterocycles. The van der Waals surface area contributed by atoms with Crippen LogP contribution >= 0.6 is 0 Å². The van der Waals surface area contributed by atoms with Crippen molar-refractivity contribution in [1.82, 2.24) is 0 Å². The van der Waals surface area contributed by atoms with Crippen molar-refractivity contribution < 1.29 is 9.59 Å². The maximum atomic E-state index is 9.21. The Labute approximate surface area is 45.9 Å². The molecule has 0 bridgehead atoms. The van der Waals surface area contributed by atoms with Crippen LogP contribution in [-0.4, -0.2) is 27.6 Å². The van der Waals surface area contributed by atoms with E-state index < -0.39 is 15.4 Å². The van der Waals surface area contributed by atoms with Crippen LogP contribution in [0.2, 0.25) is 0 Å². The molecule has 0 saturated carbocycles. The Hall–Kier alpha value is -0.721. The summed E-state index contributed by atoms with van der Waals surface area (Å²) in [5.74, 6) is 0. The predicted molar refractivity (Wildman–Crippen MR) is 22.0 cm³/mol. The molecule has 0 aliphatic carbocycles. The second-order valence-electron chi connectivity index (χ2n) is 0.447. The molecule has 0 aromatic carbocycles. The summed E-state index contributed by atoms with van der Waals surface area (Å²) < 4.78 is 5.98. The van der Waals surface area contributed by atoms with E-state index in [9.17, 15) is 9.59 Å². The summed E-state index contributed by atoms with van der Waals surface area (Å²) in [7, 11) is 0. The second-order valence-corrected chi connectivity index (χ2v) is 1.56. The molecule has 0 saturated heterocycles. The van der Waals surface area contributed by atoms with Gasteiger partial charge in [0.2, 0.25) is 0 Å². The van der Waals surface area contributed by atoms with Gasteiger partial charge in [-0.2, -0.15) is 0 Å². The summed E-state index contributed by atoms with van der Waals surface area (Å²) in [5, 5.41) is 0. The molecule has 0 aliphatic rings. The van der Waals surface area contributed by atoms with Crippen LogP contribution in [0.4, 0.5) is 0 Å². The van der Waals surface area contributed by atoms with E-state index in [0.29, 0.717) is 0 Å². The van der Waals surface area contributed by atoms with Crippen LogP contribution < -0.4 is 0 Å². The molecule has 0 unspecified atom stereocenters. The van der Waals surface area contributed by atoms with Crippen LogP contribution in [0.5, 0.6) is 0 Å². The monoisotopic (exact) mass is 164 g/mol. The molecule has 0 atom stereocenters. The van der Waals surface area contributed by atoms with Crippen LogP contribution in [-0.2, 0) is 9.59 Å². The minimum absolute atomic E-state index is 0.622. The molecule has 7 heavy (non-hydrogen) atoms. The average Bonchev–Trinajstić information content (AvgIpc) is 1.69. The van der Waals surface area contributed by atoms with Gasteiger partial charge in [0.05, 0.1) is 0 Å². The number of nitrogens with zero attached hydrogens (tertiary/aromatic N) is 2. The third-order valence-electron chi connectivity index (χ3n) is 0.156. The Morgan fingerprint density at radius 2 is 1.57 bits per heavy atom. The van der Waals surface area contributed by atoms with Crippen molar-refractivity contribution in [2.24, 2.45) is 8.02 Å². The van der Waals surface area contributed by atoms with E-state index in [1.165, 1.54) is 12.2 Å². The summed E-state index contributed by atoms with van der Waals surface area (Å²) in [6, 6.07) is 0. The quantitative estimate of drug-likeness (QED) is 0.303. The number of hydrogen-bond donors (Lipinski definition) is 0. The Morgan fingerprint density at radius 3 is 1.86 bits per heavy atom. The molecule has 36 valence electrons. The van der Waals surface area contributed by atoms with Gasteiger partial charge in [0, 0.05) is 0 Å². The van der Waals surface area contributed by atoms with E-state index in [1.807, 2.05) is 0 Å². The molecule has 0 aliphatic heterocycles. The Kier molecular flexibility index (Phi) is 4.74. The number of carbonyl (C=O) groups excluding carboxylic acids is 2. The van der Waals surface area contributed by atoms with E-state index in [1.54, 1.807) is 0 Å². The molecule has 0 spiro atoms. The standard InChI is InChI=1S/C2N2O2Se/c5-1-3-7-4-2-6. The molecule has 0 heterocycles. The van der Waals surface area contributed by atoms with Crippen molar-refractivity contribution >= 4 is 27.6 Å². The van der Waals surface area contributed by atoms with Gasteiger partial charge >= 0.3 is 45.2 Å². The van der Waals surface area contributed by atoms with Crippen LogP contribution in [0, 0.1) is 0 Å². The van der Waals surface area contributed by atoms with Crippen LogP contribution in [0.25, 0.3) is 0 Å². The summed E-state index contributed by atoms with van der Waals surface area (Å²) in [6.07, 6.45) is 2.47. The van der Waals surface area contributed by atoms with Gasteiger partial charge in [-0.15, -0.1) is 0 Å².